The summed E-state index contributed by atoms with van der Waals surface area (Å²) < 4.78 is 13.2. The van der Waals surface area contributed by atoms with Gasteiger partial charge in [0.2, 0.25) is 0 Å². The van der Waals surface area contributed by atoms with E-state index in [9.17, 15) is 0 Å². The van der Waals surface area contributed by atoms with Gasteiger partial charge in [-0.25, -0.2) is 0 Å². The summed E-state index contributed by atoms with van der Waals surface area (Å²) in [6.07, 6.45) is 0.968. The van der Waals surface area contributed by atoms with E-state index in [1.807, 2.05) is 0 Å². The van der Waals surface area contributed by atoms with Crippen LogP contribution >= 0.6 is 22.7 Å². The fourth-order valence-corrected chi connectivity index (χ4v) is 3.82. The fraction of sp³-hybridized carbons (Fsp3) is 0.385. The fourth-order valence-electron chi connectivity index (χ4n) is 1.79. The summed E-state index contributed by atoms with van der Waals surface area (Å²) in [6, 6.07) is 3.82. The Labute approximate surface area is 124 Å². The Kier molecular flexibility index (Phi) is 4.11. The molecule has 3 heterocycles. The van der Waals surface area contributed by atoms with E-state index in [1.165, 1.54) is 9.40 Å². The average molecular weight is 309 g/mol. The first-order chi connectivity index (χ1) is 9.78. The molecule has 2 N–H and O–H groups in total. The molecule has 0 spiro atoms. The second-order valence-corrected chi connectivity index (χ2v) is 6.43. The highest BCUT2D eigenvalue weighted by atomic mass is 32.1. The van der Waals surface area contributed by atoms with Crippen LogP contribution in [-0.4, -0.2) is 23.4 Å². The van der Waals surface area contributed by atoms with Crippen LogP contribution in [0.2, 0.25) is 0 Å². The van der Waals surface area contributed by atoms with Gasteiger partial charge in [-0.2, -0.15) is 4.98 Å². The highest BCUT2D eigenvalue weighted by Crippen LogP contribution is 2.35. The molecule has 1 unspecified atom stereocenters. The number of nitrogens with zero attached hydrogens (tertiary/aromatic N) is 2. The Morgan fingerprint density at radius 3 is 3.15 bits per heavy atom. The van der Waals surface area contributed by atoms with E-state index in [-0.39, 0.29) is 6.04 Å². The summed E-state index contributed by atoms with van der Waals surface area (Å²) in [5.74, 6) is 1.02. The molecule has 0 aliphatic heterocycles. The number of nitrogens with two attached hydrogens (primary N) is 1. The molecule has 0 saturated carbocycles. The van der Waals surface area contributed by atoms with Crippen LogP contribution < -0.4 is 5.73 Å². The Morgan fingerprint density at radius 1 is 1.45 bits per heavy atom. The summed E-state index contributed by atoms with van der Waals surface area (Å²) in [4.78, 5) is 5.35. The maximum Gasteiger partial charge on any atom is 0.268 e. The van der Waals surface area contributed by atoms with Crippen LogP contribution in [0.15, 0.2) is 22.0 Å². The van der Waals surface area contributed by atoms with Gasteiger partial charge in [0.25, 0.3) is 5.89 Å². The van der Waals surface area contributed by atoms with Crippen molar-refractivity contribution in [2.45, 2.75) is 19.4 Å². The van der Waals surface area contributed by atoms with Gasteiger partial charge in [0.1, 0.15) is 0 Å². The molecule has 0 aliphatic rings. The zero-order chi connectivity index (χ0) is 13.9. The Hall–Kier alpha value is -1.28. The van der Waals surface area contributed by atoms with Crippen molar-refractivity contribution in [3.05, 3.63) is 23.3 Å². The third-order valence-corrected chi connectivity index (χ3v) is 4.85. The van der Waals surface area contributed by atoms with Gasteiger partial charge in [-0.15, -0.1) is 22.7 Å². The van der Waals surface area contributed by atoms with Crippen LogP contribution in [0.25, 0.3) is 20.2 Å². The lowest BCUT2D eigenvalue weighted by Crippen LogP contribution is -2.18. The van der Waals surface area contributed by atoms with Crippen LogP contribution in [0.5, 0.6) is 0 Å². The minimum atomic E-state index is -0.347. The van der Waals surface area contributed by atoms with Crippen molar-refractivity contribution in [2.75, 3.05) is 13.2 Å². The molecule has 5 nitrogen and oxygen atoms in total. The van der Waals surface area contributed by atoms with Crippen molar-refractivity contribution in [3.63, 3.8) is 0 Å². The minimum Gasteiger partial charge on any atom is -0.379 e. The monoisotopic (exact) mass is 309 g/mol. The van der Waals surface area contributed by atoms with Crippen molar-refractivity contribution in [1.82, 2.24) is 10.1 Å². The molecule has 3 aromatic rings. The molecule has 0 amide bonds. The van der Waals surface area contributed by atoms with Crippen LogP contribution in [0.4, 0.5) is 0 Å². The van der Waals surface area contributed by atoms with Crippen molar-refractivity contribution in [2.24, 2.45) is 5.73 Å². The van der Waals surface area contributed by atoms with Gasteiger partial charge in [-0.1, -0.05) is 12.1 Å². The molecule has 0 aromatic carbocycles. The van der Waals surface area contributed by atoms with Crippen molar-refractivity contribution in [3.8, 4) is 10.8 Å². The van der Waals surface area contributed by atoms with Crippen molar-refractivity contribution < 1.29 is 9.26 Å². The molecule has 3 rings (SSSR count). The number of hydrogen-bond acceptors (Lipinski definition) is 7. The summed E-state index contributed by atoms with van der Waals surface area (Å²) in [6.45, 7) is 3.16. The van der Waals surface area contributed by atoms with E-state index in [4.69, 9.17) is 15.0 Å². The number of fused-ring (bicyclic) bond motifs is 1. The lowest BCUT2D eigenvalue weighted by atomic mass is 10.3. The maximum atomic E-state index is 5.98. The maximum absolute atomic E-state index is 5.98. The van der Waals surface area contributed by atoms with Crippen LogP contribution in [0, 0.1) is 0 Å². The molecule has 0 saturated heterocycles. The zero-order valence-corrected chi connectivity index (χ0v) is 12.7. The lowest BCUT2D eigenvalue weighted by Gasteiger charge is -2.06. The van der Waals surface area contributed by atoms with Crippen LogP contribution in [-0.2, 0) is 4.74 Å². The number of thiophene rings is 2. The smallest absolute Gasteiger partial charge is 0.268 e. The SMILES string of the molecule is CCCOCC(N)c1noc(-c2cc3sccc3s2)n1. The van der Waals surface area contributed by atoms with Gasteiger partial charge in [0, 0.05) is 16.0 Å². The molecular weight excluding hydrogens is 294 g/mol. The molecule has 20 heavy (non-hydrogen) atoms. The quantitative estimate of drug-likeness (QED) is 0.706. The molecule has 3 aromatic heterocycles. The number of rotatable bonds is 6. The first kappa shape index (κ1) is 13.7. The Morgan fingerprint density at radius 2 is 2.35 bits per heavy atom. The number of hydrogen-bond donors (Lipinski definition) is 1. The Bertz CT molecular complexity index is 660. The van der Waals surface area contributed by atoms with Gasteiger partial charge in [-0.05, 0) is 23.9 Å². The third-order valence-electron chi connectivity index (χ3n) is 2.77. The molecule has 0 radical (unpaired) electrons. The van der Waals surface area contributed by atoms with E-state index >= 15 is 0 Å². The lowest BCUT2D eigenvalue weighted by molar-refractivity contribution is 0.119. The molecule has 0 aliphatic carbocycles. The summed E-state index contributed by atoms with van der Waals surface area (Å²) >= 11 is 3.35. The summed E-state index contributed by atoms with van der Waals surface area (Å²) in [5.41, 5.74) is 5.98. The van der Waals surface area contributed by atoms with E-state index < -0.39 is 0 Å². The molecular formula is C13H15N3O2S2. The zero-order valence-electron chi connectivity index (χ0n) is 11.0. The van der Waals surface area contributed by atoms with Gasteiger partial charge in [0.15, 0.2) is 5.82 Å². The molecule has 1 atom stereocenters. The van der Waals surface area contributed by atoms with E-state index in [2.05, 4.69) is 34.6 Å². The van der Waals surface area contributed by atoms with Crippen molar-refractivity contribution >= 4 is 32.1 Å². The second kappa shape index (κ2) is 6.01. The van der Waals surface area contributed by atoms with Crippen LogP contribution in [0.3, 0.4) is 0 Å². The van der Waals surface area contributed by atoms with Crippen LogP contribution in [0.1, 0.15) is 25.2 Å². The second-order valence-electron chi connectivity index (χ2n) is 4.40. The average Bonchev–Trinajstić information content (AvgIpc) is 3.13. The van der Waals surface area contributed by atoms with E-state index in [0.717, 1.165) is 11.3 Å². The third kappa shape index (κ3) is 2.76. The largest absolute Gasteiger partial charge is 0.379 e. The highest BCUT2D eigenvalue weighted by molar-refractivity contribution is 7.28. The normalized spacial score (nSPS) is 13.1. The minimum absolute atomic E-state index is 0.347. The van der Waals surface area contributed by atoms with Gasteiger partial charge >= 0.3 is 0 Å². The first-order valence-electron chi connectivity index (χ1n) is 6.42. The Balaban J connectivity index is 1.74. The molecule has 7 heteroatoms. The van der Waals surface area contributed by atoms with E-state index in [1.54, 1.807) is 22.7 Å². The van der Waals surface area contributed by atoms with Gasteiger partial charge in [-0.3, -0.25) is 0 Å². The summed E-state index contributed by atoms with van der Waals surface area (Å²) in [5, 5.41) is 6.02. The van der Waals surface area contributed by atoms with Gasteiger partial charge < -0.3 is 15.0 Å². The first-order valence-corrected chi connectivity index (χ1v) is 8.12. The predicted octanol–water partition coefficient (Wildman–Crippen LogP) is 3.44. The highest BCUT2D eigenvalue weighted by Gasteiger charge is 2.17. The predicted molar refractivity (Wildman–Crippen MR) is 81.0 cm³/mol. The molecule has 0 fully saturated rings. The van der Waals surface area contributed by atoms with Gasteiger partial charge in [0.05, 0.1) is 17.5 Å². The molecule has 106 valence electrons. The number of ether oxygens (including phenoxy) is 1. The van der Waals surface area contributed by atoms with E-state index in [0.29, 0.717) is 24.9 Å². The van der Waals surface area contributed by atoms with Crippen molar-refractivity contribution in [1.29, 1.82) is 0 Å². The standard InChI is InChI=1S/C13H15N3O2S2/c1-2-4-17-7-8(14)12-15-13(18-16-12)11-6-10-9(20-11)3-5-19-10/h3,5-6,8H,2,4,7,14H2,1H3. The number of aromatic nitrogens is 2. The summed E-state index contributed by atoms with van der Waals surface area (Å²) in [7, 11) is 0. The molecule has 0 bridgehead atoms. The topological polar surface area (TPSA) is 74.2 Å².